The number of amides is 1. The molecule has 1 aliphatic rings. The third-order valence-electron chi connectivity index (χ3n) is 3.38. The number of hydrogen-bond donors (Lipinski definition) is 2. The summed E-state index contributed by atoms with van der Waals surface area (Å²) in [7, 11) is 0. The maximum atomic E-state index is 12.3. The van der Waals surface area contributed by atoms with Gasteiger partial charge in [0.15, 0.2) is 5.13 Å². The van der Waals surface area contributed by atoms with Crippen LogP contribution in [0.25, 0.3) is 0 Å². The largest absolute Gasteiger partial charge is 0.375 e. The third kappa shape index (κ3) is 2.82. The molecule has 0 spiro atoms. The maximum absolute atomic E-state index is 12.3. The highest BCUT2D eigenvalue weighted by Gasteiger charge is 2.31. The number of nitrogens with one attached hydrogen (secondary N) is 1. The Morgan fingerprint density at radius 3 is 3.00 bits per heavy atom. The van der Waals surface area contributed by atoms with Crippen LogP contribution in [0.2, 0.25) is 0 Å². The summed E-state index contributed by atoms with van der Waals surface area (Å²) in [5.74, 6) is 0.367. The maximum Gasteiger partial charge on any atom is 0.263 e. The van der Waals surface area contributed by atoms with Gasteiger partial charge in [-0.3, -0.25) is 4.79 Å². The highest BCUT2D eigenvalue weighted by Crippen LogP contribution is 2.43. The Hall–Kier alpha value is -1.88. The molecule has 20 heavy (non-hydrogen) atoms. The predicted octanol–water partition coefficient (Wildman–Crippen LogP) is 2.84. The van der Waals surface area contributed by atoms with E-state index in [0.29, 0.717) is 22.5 Å². The summed E-state index contributed by atoms with van der Waals surface area (Å²) in [6, 6.07) is 8.12. The van der Waals surface area contributed by atoms with Gasteiger partial charge in [0.05, 0.1) is 5.69 Å². The van der Waals surface area contributed by atoms with E-state index >= 15 is 0 Å². The summed E-state index contributed by atoms with van der Waals surface area (Å²) in [4.78, 5) is 17.2. The molecule has 0 unspecified atom stereocenters. The van der Waals surface area contributed by atoms with Crippen molar-refractivity contribution in [2.75, 3.05) is 5.73 Å². The van der Waals surface area contributed by atoms with Crippen molar-refractivity contribution < 1.29 is 4.79 Å². The van der Waals surface area contributed by atoms with Gasteiger partial charge in [0.2, 0.25) is 0 Å². The zero-order chi connectivity index (χ0) is 14.1. The SMILES string of the molecule is Cc1cccc(CNC(=O)c2sc(N)nc2C2CC2)c1. The Labute approximate surface area is 122 Å². The molecule has 4 nitrogen and oxygen atoms in total. The van der Waals surface area contributed by atoms with Gasteiger partial charge in [0.25, 0.3) is 5.91 Å². The van der Waals surface area contributed by atoms with E-state index < -0.39 is 0 Å². The molecule has 1 fully saturated rings. The third-order valence-corrected chi connectivity index (χ3v) is 4.27. The van der Waals surface area contributed by atoms with Crippen molar-refractivity contribution in [3.8, 4) is 0 Å². The van der Waals surface area contributed by atoms with Crippen LogP contribution in [0.1, 0.15) is 45.3 Å². The minimum atomic E-state index is -0.0670. The second kappa shape index (κ2) is 5.25. The normalized spacial score (nSPS) is 14.2. The van der Waals surface area contributed by atoms with Crippen molar-refractivity contribution in [3.05, 3.63) is 46.0 Å². The van der Waals surface area contributed by atoms with E-state index in [1.54, 1.807) is 0 Å². The second-order valence-electron chi connectivity index (χ2n) is 5.21. The van der Waals surface area contributed by atoms with Gasteiger partial charge in [0.1, 0.15) is 4.88 Å². The van der Waals surface area contributed by atoms with E-state index in [0.717, 1.165) is 24.1 Å². The number of aromatic nitrogens is 1. The van der Waals surface area contributed by atoms with Crippen LogP contribution in [-0.2, 0) is 6.54 Å². The van der Waals surface area contributed by atoms with Gasteiger partial charge in [-0.25, -0.2) is 4.98 Å². The molecule has 1 aromatic heterocycles. The highest BCUT2D eigenvalue weighted by molar-refractivity contribution is 7.17. The fraction of sp³-hybridized carbons (Fsp3) is 0.333. The van der Waals surface area contributed by atoms with Crippen LogP contribution in [0.4, 0.5) is 5.13 Å². The number of aryl methyl sites for hydroxylation is 1. The fourth-order valence-corrected chi connectivity index (χ4v) is 3.06. The average molecular weight is 287 g/mol. The molecule has 1 saturated carbocycles. The van der Waals surface area contributed by atoms with E-state index in [1.807, 2.05) is 25.1 Å². The Bertz CT molecular complexity index is 646. The summed E-state index contributed by atoms with van der Waals surface area (Å²) >= 11 is 1.28. The lowest BCUT2D eigenvalue weighted by atomic mass is 10.1. The molecular weight excluding hydrogens is 270 g/mol. The van der Waals surface area contributed by atoms with Gasteiger partial charge in [0, 0.05) is 12.5 Å². The summed E-state index contributed by atoms with van der Waals surface area (Å²) in [5, 5.41) is 3.43. The van der Waals surface area contributed by atoms with Crippen LogP contribution in [0.3, 0.4) is 0 Å². The number of nitrogens with zero attached hydrogens (tertiary/aromatic N) is 1. The van der Waals surface area contributed by atoms with Gasteiger partial charge in [-0.05, 0) is 25.3 Å². The first-order valence-corrected chi connectivity index (χ1v) is 7.55. The molecule has 0 bridgehead atoms. The van der Waals surface area contributed by atoms with Crippen LogP contribution in [0.5, 0.6) is 0 Å². The van der Waals surface area contributed by atoms with E-state index in [1.165, 1.54) is 16.9 Å². The topological polar surface area (TPSA) is 68.0 Å². The number of benzene rings is 1. The smallest absolute Gasteiger partial charge is 0.263 e. The Morgan fingerprint density at radius 1 is 1.50 bits per heavy atom. The molecule has 1 aromatic carbocycles. The lowest BCUT2D eigenvalue weighted by Gasteiger charge is -2.05. The molecule has 0 radical (unpaired) electrons. The average Bonchev–Trinajstić information content (AvgIpc) is 3.19. The molecule has 1 amide bonds. The first-order valence-electron chi connectivity index (χ1n) is 6.73. The van der Waals surface area contributed by atoms with Crippen LogP contribution in [-0.4, -0.2) is 10.9 Å². The van der Waals surface area contributed by atoms with Crippen molar-refractivity contribution in [2.24, 2.45) is 0 Å². The predicted molar refractivity (Wildman–Crippen MR) is 80.9 cm³/mol. The molecule has 3 rings (SSSR count). The Kier molecular flexibility index (Phi) is 3.44. The van der Waals surface area contributed by atoms with Gasteiger partial charge in [-0.1, -0.05) is 41.2 Å². The molecule has 1 aliphatic carbocycles. The van der Waals surface area contributed by atoms with Crippen LogP contribution in [0.15, 0.2) is 24.3 Å². The minimum Gasteiger partial charge on any atom is -0.375 e. The monoisotopic (exact) mass is 287 g/mol. The molecule has 2 aromatic rings. The van der Waals surface area contributed by atoms with Crippen LogP contribution >= 0.6 is 11.3 Å². The lowest BCUT2D eigenvalue weighted by Crippen LogP contribution is -2.22. The zero-order valence-corrected chi connectivity index (χ0v) is 12.2. The second-order valence-corrected chi connectivity index (χ2v) is 6.24. The van der Waals surface area contributed by atoms with Crippen LogP contribution in [0, 0.1) is 6.92 Å². The number of rotatable bonds is 4. The van der Waals surface area contributed by atoms with Crippen molar-refractivity contribution in [3.63, 3.8) is 0 Å². The molecule has 0 saturated heterocycles. The van der Waals surface area contributed by atoms with Gasteiger partial charge < -0.3 is 11.1 Å². The van der Waals surface area contributed by atoms with Gasteiger partial charge in [-0.15, -0.1) is 0 Å². The summed E-state index contributed by atoms with van der Waals surface area (Å²) in [6.45, 7) is 2.57. The molecule has 104 valence electrons. The van der Waals surface area contributed by atoms with E-state index in [4.69, 9.17) is 5.73 Å². The molecule has 1 heterocycles. The van der Waals surface area contributed by atoms with E-state index in [2.05, 4.69) is 16.4 Å². The first kappa shape index (κ1) is 13.1. The minimum absolute atomic E-state index is 0.0670. The summed E-state index contributed by atoms with van der Waals surface area (Å²) in [5.41, 5.74) is 8.91. The fourth-order valence-electron chi connectivity index (χ4n) is 2.23. The number of anilines is 1. The van der Waals surface area contributed by atoms with Crippen molar-refractivity contribution in [2.45, 2.75) is 32.2 Å². The number of carbonyl (C=O) groups excluding carboxylic acids is 1. The van der Waals surface area contributed by atoms with Gasteiger partial charge >= 0.3 is 0 Å². The number of carbonyl (C=O) groups is 1. The molecule has 3 N–H and O–H groups in total. The molecule has 0 aliphatic heterocycles. The number of nitrogens with two attached hydrogens (primary N) is 1. The van der Waals surface area contributed by atoms with E-state index in [-0.39, 0.29) is 5.91 Å². The Morgan fingerprint density at radius 2 is 2.30 bits per heavy atom. The van der Waals surface area contributed by atoms with E-state index in [9.17, 15) is 4.79 Å². The molecule has 5 heteroatoms. The quantitative estimate of drug-likeness (QED) is 0.908. The number of nitrogen functional groups attached to an aromatic ring is 1. The highest BCUT2D eigenvalue weighted by atomic mass is 32.1. The standard InChI is InChI=1S/C15H17N3OS/c1-9-3-2-4-10(7-9)8-17-14(19)13-12(11-5-6-11)18-15(16)20-13/h2-4,7,11H,5-6,8H2,1H3,(H2,16,18)(H,17,19). The first-order chi connectivity index (χ1) is 9.63. The molecular formula is C15H17N3OS. The lowest BCUT2D eigenvalue weighted by molar-refractivity contribution is 0.0954. The van der Waals surface area contributed by atoms with Crippen molar-refractivity contribution >= 4 is 22.4 Å². The van der Waals surface area contributed by atoms with Crippen molar-refractivity contribution in [1.29, 1.82) is 0 Å². The van der Waals surface area contributed by atoms with Crippen molar-refractivity contribution in [1.82, 2.24) is 10.3 Å². The summed E-state index contributed by atoms with van der Waals surface area (Å²) < 4.78 is 0. The van der Waals surface area contributed by atoms with Crippen LogP contribution < -0.4 is 11.1 Å². The number of thiazole rings is 1. The summed E-state index contributed by atoms with van der Waals surface area (Å²) in [6.07, 6.45) is 2.22. The molecule has 0 atom stereocenters. The number of hydrogen-bond acceptors (Lipinski definition) is 4. The Balaban J connectivity index is 1.70. The zero-order valence-electron chi connectivity index (χ0n) is 11.3. The van der Waals surface area contributed by atoms with Gasteiger partial charge in [-0.2, -0.15) is 0 Å².